The molecule has 9 heteroatoms. The third kappa shape index (κ3) is 4.22. The zero-order valence-corrected chi connectivity index (χ0v) is 18.1. The van der Waals surface area contributed by atoms with Crippen molar-refractivity contribution in [2.24, 2.45) is 0 Å². The Kier molecular flexibility index (Phi) is 6.52. The minimum absolute atomic E-state index is 0.169. The summed E-state index contributed by atoms with van der Waals surface area (Å²) in [6, 6.07) is 9.38. The lowest BCUT2D eigenvalue weighted by Gasteiger charge is -2.23. The summed E-state index contributed by atoms with van der Waals surface area (Å²) >= 11 is 0. The zero-order valence-electron chi connectivity index (χ0n) is 17.3. The van der Waals surface area contributed by atoms with Gasteiger partial charge in [-0.2, -0.15) is 4.31 Å². The first-order valence-corrected chi connectivity index (χ1v) is 11.3. The van der Waals surface area contributed by atoms with E-state index in [4.69, 9.17) is 0 Å². The molecule has 8 nitrogen and oxygen atoms in total. The largest absolute Gasteiger partial charge is 0.349 e. The van der Waals surface area contributed by atoms with Crippen molar-refractivity contribution >= 4 is 27.5 Å². The van der Waals surface area contributed by atoms with Gasteiger partial charge in [0.1, 0.15) is 6.04 Å². The number of carbonyl (C=O) groups excluding carboxylic acids is 2. The lowest BCUT2D eigenvalue weighted by molar-refractivity contribution is -0.125. The van der Waals surface area contributed by atoms with Gasteiger partial charge in [0, 0.05) is 38.3 Å². The van der Waals surface area contributed by atoms with E-state index in [1.54, 1.807) is 44.3 Å². The number of anilines is 1. The molecule has 30 heavy (non-hydrogen) atoms. The van der Waals surface area contributed by atoms with Gasteiger partial charge in [0.15, 0.2) is 0 Å². The van der Waals surface area contributed by atoms with Gasteiger partial charge in [-0.3, -0.25) is 19.5 Å². The molecule has 1 aromatic carbocycles. The third-order valence-electron chi connectivity index (χ3n) is 5.19. The Bertz CT molecular complexity index is 1040. The molecule has 1 aliphatic rings. The molecule has 0 saturated heterocycles. The second-order valence-electron chi connectivity index (χ2n) is 7.03. The maximum absolute atomic E-state index is 12.8. The number of nitrogens with one attached hydrogen (secondary N) is 1. The number of sulfonamides is 1. The zero-order chi connectivity index (χ0) is 21.9. The molecule has 1 N–H and O–H groups in total. The summed E-state index contributed by atoms with van der Waals surface area (Å²) in [6.07, 6.45) is 1.90. The second-order valence-corrected chi connectivity index (χ2v) is 8.97. The van der Waals surface area contributed by atoms with Gasteiger partial charge < -0.3 is 5.32 Å². The van der Waals surface area contributed by atoms with Gasteiger partial charge >= 0.3 is 0 Å². The van der Waals surface area contributed by atoms with Gasteiger partial charge in [-0.1, -0.05) is 19.9 Å². The average molecular weight is 431 g/mol. The number of benzene rings is 1. The predicted molar refractivity (Wildman–Crippen MR) is 113 cm³/mol. The van der Waals surface area contributed by atoms with Crippen LogP contribution >= 0.6 is 0 Å². The SMILES string of the molecule is CCN(CC)S(=O)(=O)c1ccc2c(c1)C[C@H](C(=O)NCc1ccccn1)N2C(C)=O. The van der Waals surface area contributed by atoms with Crippen LogP contribution in [0.2, 0.25) is 0 Å². The smallest absolute Gasteiger partial charge is 0.243 e. The van der Waals surface area contributed by atoms with Crippen LogP contribution in [0.1, 0.15) is 32.0 Å². The molecule has 3 rings (SSSR count). The van der Waals surface area contributed by atoms with E-state index in [0.717, 1.165) is 0 Å². The van der Waals surface area contributed by atoms with Crippen molar-refractivity contribution in [3.63, 3.8) is 0 Å². The van der Waals surface area contributed by atoms with E-state index >= 15 is 0 Å². The van der Waals surface area contributed by atoms with Crippen molar-refractivity contribution in [2.45, 2.75) is 44.7 Å². The van der Waals surface area contributed by atoms with Gasteiger partial charge in [-0.05, 0) is 35.9 Å². The van der Waals surface area contributed by atoms with E-state index in [2.05, 4.69) is 10.3 Å². The number of hydrogen-bond acceptors (Lipinski definition) is 5. The first-order valence-electron chi connectivity index (χ1n) is 9.90. The summed E-state index contributed by atoms with van der Waals surface area (Å²) in [6.45, 7) is 5.96. The van der Waals surface area contributed by atoms with Crippen LogP contribution in [-0.4, -0.2) is 48.7 Å². The fraction of sp³-hybridized carbons (Fsp3) is 0.381. The van der Waals surface area contributed by atoms with Crippen LogP contribution in [0.25, 0.3) is 0 Å². The molecule has 2 aromatic rings. The Balaban J connectivity index is 1.85. The maximum atomic E-state index is 12.8. The molecule has 0 unspecified atom stereocenters. The van der Waals surface area contributed by atoms with Crippen LogP contribution in [0.5, 0.6) is 0 Å². The topological polar surface area (TPSA) is 99.7 Å². The summed E-state index contributed by atoms with van der Waals surface area (Å²) in [7, 11) is -3.62. The number of aromatic nitrogens is 1. The van der Waals surface area contributed by atoms with E-state index in [-0.39, 0.29) is 29.7 Å². The van der Waals surface area contributed by atoms with Crippen LogP contribution < -0.4 is 10.2 Å². The van der Waals surface area contributed by atoms with Crippen LogP contribution in [-0.2, 0) is 32.6 Å². The first-order chi connectivity index (χ1) is 14.3. The number of hydrogen-bond donors (Lipinski definition) is 1. The number of amides is 2. The predicted octanol–water partition coefficient (Wildman–Crippen LogP) is 1.71. The van der Waals surface area contributed by atoms with Crippen LogP contribution in [0, 0.1) is 0 Å². The minimum atomic E-state index is -3.62. The second kappa shape index (κ2) is 8.93. The van der Waals surface area contributed by atoms with Crippen molar-refractivity contribution < 1.29 is 18.0 Å². The fourth-order valence-electron chi connectivity index (χ4n) is 3.70. The first kappa shape index (κ1) is 21.9. The number of pyridine rings is 1. The number of rotatable bonds is 7. The van der Waals surface area contributed by atoms with Crippen LogP contribution in [0.15, 0.2) is 47.5 Å². The van der Waals surface area contributed by atoms with Gasteiger partial charge in [0.05, 0.1) is 17.1 Å². The summed E-state index contributed by atoms with van der Waals surface area (Å²) in [5.74, 6) is -0.578. The Morgan fingerprint density at radius 1 is 1.20 bits per heavy atom. The highest BCUT2D eigenvalue weighted by atomic mass is 32.2. The van der Waals surface area contributed by atoms with Gasteiger partial charge in [0.25, 0.3) is 0 Å². The highest BCUT2D eigenvalue weighted by Crippen LogP contribution is 2.34. The molecule has 1 atom stereocenters. The Hall–Kier alpha value is -2.78. The van der Waals surface area contributed by atoms with Crippen molar-refractivity contribution in [2.75, 3.05) is 18.0 Å². The normalized spacial score (nSPS) is 15.9. The molecule has 0 spiro atoms. The van der Waals surface area contributed by atoms with Crippen molar-refractivity contribution in [3.8, 4) is 0 Å². The summed E-state index contributed by atoms with van der Waals surface area (Å²) in [5.41, 5.74) is 1.94. The van der Waals surface area contributed by atoms with Crippen molar-refractivity contribution in [3.05, 3.63) is 53.9 Å². The molecule has 2 amide bonds. The van der Waals surface area contributed by atoms with Crippen LogP contribution in [0.4, 0.5) is 5.69 Å². The number of carbonyl (C=O) groups is 2. The average Bonchev–Trinajstić information content (AvgIpc) is 3.12. The lowest BCUT2D eigenvalue weighted by atomic mass is 10.1. The van der Waals surface area contributed by atoms with E-state index in [1.807, 2.05) is 6.07 Å². The molecule has 0 aliphatic carbocycles. The number of nitrogens with zero attached hydrogens (tertiary/aromatic N) is 3. The standard InChI is InChI=1S/C21H26N4O4S/c1-4-24(5-2)30(28,29)18-9-10-19-16(12-18)13-20(25(19)15(3)26)21(27)23-14-17-8-6-7-11-22-17/h6-12,20H,4-5,13-14H2,1-3H3,(H,23,27)/t20-/m1/s1. The van der Waals surface area contributed by atoms with E-state index in [0.29, 0.717) is 30.0 Å². The van der Waals surface area contributed by atoms with E-state index < -0.39 is 16.1 Å². The molecule has 0 radical (unpaired) electrons. The van der Waals surface area contributed by atoms with Crippen LogP contribution in [0.3, 0.4) is 0 Å². The Labute approximate surface area is 177 Å². The molecular formula is C21H26N4O4S. The molecule has 0 bridgehead atoms. The molecule has 160 valence electrons. The summed E-state index contributed by atoms with van der Waals surface area (Å²) in [4.78, 5) is 30.9. The van der Waals surface area contributed by atoms with E-state index in [1.165, 1.54) is 22.2 Å². The van der Waals surface area contributed by atoms with Gasteiger partial charge in [0.2, 0.25) is 21.8 Å². The van der Waals surface area contributed by atoms with Crippen molar-refractivity contribution in [1.82, 2.24) is 14.6 Å². The lowest BCUT2D eigenvalue weighted by Crippen LogP contribution is -2.47. The highest BCUT2D eigenvalue weighted by molar-refractivity contribution is 7.89. The Morgan fingerprint density at radius 3 is 2.53 bits per heavy atom. The van der Waals surface area contributed by atoms with Crippen molar-refractivity contribution in [1.29, 1.82) is 0 Å². The fourth-order valence-corrected chi connectivity index (χ4v) is 5.21. The van der Waals surface area contributed by atoms with Gasteiger partial charge in [-0.25, -0.2) is 8.42 Å². The molecule has 1 aromatic heterocycles. The van der Waals surface area contributed by atoms with Gasteiger partial charge in [-0.15, -0.1) is 0 Å². The van der Waals surface area contributed by atoms with E-state index in [9.17, 15) is 18.0 Å². The molecule has 1 aliphatic heterocycles. The monoisotopic (exact) mass is 430 g/mol. The molecule has 0 fully saturated rings. The maximum Gasteiger partial charge on any atom is 0.243 e. The molecular weight excluding hydrogens is 404 g/mol. The highest BCUT2D eigenvalue weighted by Gasteiger charge is 2.37. The quantitative estimate of drug-likeness (QED) is 0.721. The minimum Gasteiger partial charge on any atom is -0.349 e. The summed E-state index contributed by atoms with van der Waals surface area (Å²) in [5, 5.41) is 2.82. The summed E-state index contributed by atoms with van der Waals surface area (Å²) < 4.78 is 27.1. The Morgan fingerprint density at radius 2 is 1.93 bits per heavy atom. The molecule has 2 heterocycles. The third-order valence-corrected chi connectivity index (χ3v) is 7.24. The number of fused-ring (bicyclic) bond motifs is 1. The molecule has 0 saturated carbocycles.